The Kier molecular flexibility index (Phi) is 3.82. The standard InChI is InChI=1S/C22H18FNO4/c23-17-4-2-1-3-16(17)22(27)28-15-9-7-14(8-10-15)24-20(25)18-12-5-6-13(11-12)19(18)21(24)26/h1-4,7-10,12-13,18-19H,5-6,11H2/t12-,13+,18+,19-. The zero-order valence-electron chi connectivity index (χ0n) is 15.0. The summed E-state index contributed by atoms with van der Waals surface area (Å²) in [5.74, 6) is -1.15. The number of esters is 1. The summed E-state index contributed by atoms with van der Waals surface area (Å²) in [7, 11) is 0. The Bertz CT molecular complexity index is 958. The van der Waals surface area contributed by atoms with Gasteiger partial charge in [-0.05, 0) is 67.5 Å². The molecule has 0 radical (unpaired) electrons. The quantitative estimate of drug-likeness (QED) is 0.465. The van der Waals surface area contributed by atoms with E-state index >= 15 is 0 Å². The fourth-order valence-corrected chi connectivity index (χ4v) is 5.12. The molecule has 4 atom stereocenters. The van der Waals surface area contributed by atoms with Gasteiger partial charge in [-0.3, -0.25) is 14.5 Å². The number of amides is 2. The number of hydrogen-bond donors (Lipinski definition) is 0. The van der Waals surface area contributed by atoms with Crippen molar-refractivity contribution in [2.75, 3.05) is 4.90 Å². The first kappa shape index (κ1) is 17.1. The van der Waals surface area contributed by atoms with Gasteiger partial charge in [0.25, 0.3) is 0 Å². The molecule has 2 amide bonds. The molecule has 0 unspecified atom stereocenters. The number of benzene rings is 2. The number of fused-ring (bicyclic) bond motifs is 5. The minimum absolute atomic E-state index is 0.113. The van der Waals surface area contributed by atoms with Gasteiger partial charge in [-0.1, -0.05) is 12.1 Å². The molecule has 3 fully saturated rings. The zero-order chi connectivity index (χ0) is 19.4. The molecule has 0 N–H and O–H groups in total. The Morgan fingerprint density at radius 1 is 0.929 bits per heavy atom. The van der Waals surface area contributed by atoms with Crippen LogP contribution in [0.4, 0.5) is 10.1 Å². The molecule has 2 bridgehead atoms. The van der Waals surface area contributed by atoms with Gasteiger partial charge in [0.1, 0.15) is 11.6 Å². The van der Waals surface area contributed by atoms with Gasteiger partial charge >= 0.3 is 5.97 Å². The van der Waals surface area contributed by atoms with E-state index in [0.717, 1.165) is 19.3 Å². The molecule has 3 aliphatic rings. The molecule has 28 heavy (non-hydrogen) atoms. The highest BCUT2D eigenvalue weighted by Crippen LogP contribution is 2.56. The van der Waals surface area contributed by atoms with E-state index in [1.54, 1.807) is 18.2 Å². The maximum absolute atomic E-state index is 13.7. The van der Waals surface area contributed by atoms with Crippen LogP contribution >= 0.6 is 0 Å². The molecule has 6 heteroatoms. The number of ether oxygens (including phenoxy) is 1. The topological polar surface area (TPSA) is 63.7 Å². The summed E-state index contributed by atoms with van der Waals surface area (Å²) in [5, 5.41) is 0. The van der Waals surface area contributed by atoms with Crippen molar-refractivity contribution < 1.29 is 23.5 Å². The number of imide groups is 1. The number of nitrogens with zero attached hydrogens (tertiary/aromatic N) is 1. The lowest BCUT2D eigenvalue weighted by molar-refractivity contribution is -0.123. The molecular formula is C22H18FNO4. The third kappa shape index (κ3) is 2.47. The van der Waals surface area contributed by atoms with Crippen LogP contribution in [0.15, 0.2) is 48.5 Å². The average molecular weight is 379 g/mol. The number of rotatable bonds is 3. The van der Waals surface area contributed by atoms with Crippen molar-refractivity contribution >= 4 is 23.5 Å². The van der Waals surface area contributed by atoms with Crippen LogP contribution in [0.3, 0.4) is 0 Å². The van der Waals surface area contributed by atoms with Gasteiger partial charge in [-0.2, -0.15) is 0 Å². The van der Waals surface area contributed by atoms with E-state index in [1.165, 1.54) is 35.2 Å². The second kappa shape index (κ2) is 6.26. The molecule has 2 aromatic carbocycles. The van der Waals surface area contributed by atoms with Crippen LogP contribution in [0.1, 0.15) is 29.6 Å². The Hall–Kier alpha value is -3.02. The first-order valence-electron chi connectivity index (χ1n) is 9.49. The molecule has 0 aromatic heterocycles. The highest BCUT2D eigenvalue weighted by atomic mass is 19.1. The first-order chi connectivity index (χ1) is 13.5. The van der Waals surface area contributed by atoms with E-state index in [2.05, 4.69) is 0 Å². The molecule has 1 heterocycles. The van der Waals surface area contributed by atoms with Gasteiger partial charge in [0.15, 0.2) is 0 Å². The number of anilines is 1. The van der Waals surface area contributed by atoms with Crippen LogP contribution in [0.25, 0.3) is 0 Å². The lowest BCUT2D eigenvalue weighted by Crippen LogP contribution is -2.32. The first-order valence-corrected chi connectivity index (χ1v) is 9.49. The summed E-state index contributed by atoms with van der Waals surface area (Å²) in [6.45, 7) is 0. The molecule has 1 aliphatic heterocycles. The Balaban J connectivity index is 1.35. The van der Waals surface area contributed by atoms with Crippen molar-refractivity contribution in [3.8, 4) is 5.75 Å². The van der Waals surface area contributed by atoms with Crippen molar-refractivity contribution in [2.24, 2.45) is 23.7 Å². The van der Waals surface area contributed by atoms with Crippen molar-refractivity contribution in [1.29, 1.82) is 0 Å². The third-order valence-corrected chi connectivity index (χ3v) is 6.33. The summed E-state index contributed by atoms with van der Waals surface area (Å²) < 4.78 is 18.9. The summed E-state index contributed by atoms with van der Waals surface area (Å²) in [6.07, 6.45) is 3.05. The molecule has 5 nitrogen and oxygen atoms in total. The van der Waals surface area contributed by atoms with Gasteiger partial charge in [-0.15, -0.1) is 0 Å². The number of halogens is 1. The molecule has 1 saturated heterocycles. The second-order valence-electron chi connectivity index (χ2n) is 7.76. The lowest BCUT2D eigenvalue weighted by atomic mass is 9.81. The fourth-order valence-electron chi connectivity index (χ4n) is 5.12. The van der Waals surface area contributed by atoms with Crippen molar-refractivity contribution in [2.45, 2.75) is 19.3 Å². The van der Waals surface area contributed by atoms with E-state index in [4.69, 9.17) is 4.74 Å². The highest BCUT2D eigenvalue weighted by Gasteiger charge is 2.61. The van der Waals surface area contributed by atoms with Gasteiger partial charge in [0, 0.05) is 0 Å². The molecule has 5 rings (SSSR count). The predicted octanol–water partition coefficient (Wildman–Crippen LogP) is 3.58. The summed E-state index contributed by atoms with van der Waals surface area (Å²) in [5.41, 5.74) is 0.328. The number of hydrogen-bond acceptors (Lipinski definition) is 4. The van der Waals surface area contributed by atoms with Gasteiger partial charge in [-0.25, -0.2) is 9.18 Å². The SMILES string of the molecule is O=C(Oc1ccc(N2C(=O)[C@@H]3[C@H]4CC[C@H](C4)[C@@H]3C2=O)cc1)c1ccccc1F. The van der Waals surface area contributed by atoms with Crippen LogP contribution in [-0.4, -0.2) is 17.8 Å². The van der Waals surface area contributed by atoms with E-state index in [1.807, 2.05) is 0 Å². The predicted molar refractivity (Wildman–Crippen MR) is 98.1 cm³/mol. The summed E-state index contributed by atoms with van der Waals surface area (Å²) in [6, 6.07) is 11.8. The fraction of sp³-hybridized carbons (Fsp3) is 0.318. The van der Waals surface area contributed by atoms with Gasteiger partial charge < -0.3 is 4.74 Å². The highest BCUT2D eigenvalue weighted by molar-refractivity contribution is 6.22. The van der Waals surface area contributed by atoms with E-state index in [9.17, 15) is 18.8 Å². The monoisotopic (exact) mass is 379 g/mol. The smallest absolute Gasteiger partial charge is 0.346 e. The lowest BCUT2D eigenvalue weighted by Gasteiger charge is -2.19. The largest absolute Gasteiger partial charge is 0.423 e. The van der Waals surface area contributed by atoms with Crippen LogP contribution in [0, 0.1) is 29.5 Å². The minimum atomic E-state index is -0.801. The van der Waals surface area contributed by atoms with Crippen LogP contribution < -0.4 is 9.64 Å². The maximum atomic E-state index is 13.7. The van der Waals surface area contributed by atoms with Gasteiger partial charge in [0.05, 0.1) is 23.1 Å². The van der Waals surface area contributed by atoms with E-state index in [-0.39, 0.29) is 35.0 Å². The maximum Gasteiger partial charge on any atom is 0.346 e. The van der Waals surface area contributed by atoms with E-state index in [0.29, 0.717) is 17.5 Å². The van der Waals surface area contributed by atoms with Crippen molar-refractivity contribution in [3.63, 3.8) is 0 Å². The minimum Gasteiger partial charge on any atom is -0.423 e. The zero-order valence-corrected chi connectivity index (χ0v) is 15.0. The Morgan fingerprint density at radius 2 is 1.54 bits per heavy atom. The molecule has 2 saturated carbocycles. The third-order valence-electron chi connectivity index (χ3n) is 6.33. The molecule has 2 aromatic rings. The Labute approximate surface area is 161 Å². The van der Waals surface area contributed by atoms with Crippen LogP contribution in [0.2, 0.25) is 0 Å². The number of carbonyl (C=O) groups excluding carboxylic acids is 3. The van der Waals surface area contributed by atoms with E-state index < -0.39 is 11.8 Å². The Morgan fingerprint density at radius 3 is 2.14 bits per heavy atom. The van der Waals surface area contributed by atoms with Gasteiger partial charge in [0.2, 0.25) is 11.8 Å². The summed E-state index contributed by atoms with van der Waals surface area (Å²) >= 11 is 0. The van der Waals surface area contributed by atoms with Crippen molar-refractivity contribution in [3.05, 3.63) is 59.9 Å². The molecule has 2 aliphatic carbocycles. The number of carbonyl (C=O) groups is 3. The normalized spacial score (nSPS) is 28.0. The van der Waals surface area contributed by atoms with Crippen LogP contribution in [0.5, 0.6) is 5.75 Å². The molecule has 142 valence electrons. The second-order valence-corrected chi connectivity index (χ2v) is 7.76. The summed E-state index contributed by atoms with van der Waals surface area (Å²) in [4.78, 5) is 39.1. The van der Waals surface area contributed by atoms with Crippen molar-refractivity contribution in [1.82, 2.24) is 0 Å². The molecular weight excluding hydrogens is 361 g/mol. The average Bonchev–Trinajstić information content (AvgIpc) is 3.37. The van der Waals surface area contributed by atoms with Crippen LogP contribution in [-0.2, 0) is 9.59 Å². The molecule has 0 spiro atoms.